The molecule has 2 aromatic rings. The number of benzene rings is 2. The van der Waals surface area contributed by atoms with Crippen LogP contribution in [0.2, 0.25) is 0 Å². The molecule has 2 rings (SSSR count). The van der Waals surface area contributed by atoms with E-state index in [1.54, 1.807) is 18.0 Å². The van der Waals surface area contributed by atoms with Crippen LogP contribution in [-0.2, 0) is 20.9 Å². The van der Waals surface area contributed by atoms with Gasteiger partial charge in [0.1, 0.15) is 0 Å². The van der Waals surface area contributed by atoms with Crippen molar-refractivity contribution in [3.8, 4) is 0 Å². The molecule has 0 N–H and O–H groups in total. The Hall–Kier alpha value is -2.40. The van der Waals surface area contributed by atoms with Crippen LogP contribution in [0.25, 0.3) is 6.08 Å². The lowest BCUT2D eigenvalue weighted by Crippen LogP contribution is -2.30. The van der Waals surface area contributed by atoms with Gasteiger partial charge in [0.05, 0.1) is 0 Å². The molecule has 1 amide bonds. The smallest absolute Gasteiger partial charge is 0.331 e. The first-order valence-corrected chi connectivity index (χ1v) is 9.05. The van der Waals surface area contributed by atoms with Crippen LogP contribution >= 0.6 is 15.9 Å². The second-order valence-corrected chi connectivity index (χ2v) is 7.09. The van der Waals surface area contributed by atoms with Gasteiger partial charge >= 0.3 is 5.97 Å². The van der Waals surface area contributed by atoms with Crippen molar-refractivity contribution in [2.24, 2.45) is 0 Å². The minimum Gasteiger partial charge on any atom is -0.452 e. The molecule has 0 saturated carbocycles. The quantitative estimate of drug-likeness (QED) is 0.522. The van der Waals surface area contributed by atoms with Crippen LogP contribution in [0.5, 0.6) is 0 Å². The number of nitrogens with zero attached hydrogens (tertiary/aromatic N) is 1. The van der Waals surface area contributed by atoms with E-state index in [2.05, 4.69) is 22.0 Å². The lowest BCUT2D eigenvalue weighted by Gasteiger charge is -2.18. The summed E-state index contributed by atoms with van der Waals surface area (Å²) in [5, 5.41) is 0. The number of carbonyl (C=O) groups is 2. The zero-order valence-corrected chi connectivity index (χ0v) is 16.7. The number of hydrogen-bond acceptors (Lipinski definition) is 3. The van der Waals surface area contributed by atoms with Crippen LogP contribution in [0, 0.1) is 13.8 Å². The number of amides is 1. The van der Waals surface area contributed by atoms with E-state index in [1.165, 1.54) is 11.6 Å². The van der Waals surface area contributed by atoms with Gasteiger partial charge in [-0.05, 0) is 48.7 Å². The second-order valence-electron chi connectivity index (χ2n) is 6.17. The molecule has 0 atom stereocenters. The molecule has 4 nitrogen and oxygen atoms in total. The van der Waals surface area contributed by atoms with Gasteiger partial charge in [-0.1, -0.05) is 51.8 Å². The maximum atomic E-state index is 12.2. The Balaban J connectivity index is 1.83. The van der Waals surface area contributed by atoms with Gasteiger partial charge in [0.15, 0.2) is 6.61 Å². The summed E-state index contributed by atoms with van der Waals surface area (Å²) in [5.74, 6) is -0.781. The van der Waals surface area contributed by atoms with Crippen LogP contribution in [0.4, 0.5) is 0 Å². The molecule has 0 aliphatic rings. The van der Waals surface area contributed by atoms with Gasteiger partial charge in [0.2, 0.25) is 0 Å². The molecular weight excluding hydrogens is 394 g/mol. The number of carbonyl (C=O) groups excluding carboxylic acids is 2. The number of hydrogen-bond donors (Lipinski definition) is 0. The van der Waals surface area contributed by atoms with Crippen molar-refractivity contribution in [2.45, 2.75) is 20.4 Å². The van der Waals surface area contributed by atoms with E-state index >= 15 is 0 Å². The van der Waals surface area contributed by atoms with Crippen molar-refractivity contribution in [1.29, 1.82) is 0 Å². The fraction of sp³-hybridized carbons (Fsp3) is 0.238. The molecule has 2 aromatic carbocycles. The number of likely N-dealkylation sites (N-methyl/N-ethyl adjacent to an activating group) is 1. The predicted octanol–water partition coefficient (Wildman–Crippen LogP) is 4.28. The van der Waals surface area contributed by atoms with Crippen molar-refractivity contribution in [3.05, 3.63) is 75.3 Å². The zero-order chi connectivity index (χ0) is 19.1. The molecule has 0 aromatic heterocycles. The van der Waals surface area contributed by atoms with Crippen LogP contribution in [-0.4, -0.2) is 30.4 Å². The first kappa shape index (κ1) is 19.9. The molecule has 0 aliphatic heterocycles. The van der Waals surface area contributed by atoms with Crippen molar-refractivity contribution >= 4 is 33.9 Å². The Morgan fingerprint density at radius 2 is 1.81 bits per heavy atom. The van der Waals surface area contributed by atoms with E-state index in [0.717, 1.165) is 21.2 Å². The first-order chi connectivity index (χ1) is 12.3. The number of aryl methyl sites for hydroxylation is 2. The third-order valence-corrected chi connectivity index (χ3v) is 4.48. The topological polar surface area (TPSA) is 46.6 Å². The molecular formula is C21H22BrNO3. The minimum absolute atomic E-state index is 0.240. The Morgan fingerprint density at radius 1 is 1.12 bits per heavy atom. The summed E-state index contributed by atoms with van der Waals surface area (Å²) in [6.45, 7) is 4.27. The summed E-state index contributed by atoms with van der Waals surface area (Å²) in [6, 6.07) is 13.6. The highest BCUT2D eigenvalue weighted by Gasteiger charge is 2.12. The van der Waals surface area contributed by atoms with E-state index in [9.17, 15) is 9.59 Å². The lowest BCUT2D eigenvalue weighted by molar-refractivity contribution is -0.147. The molecule has 0 aliphatic carbocycles. The van der Waals surface area contributed by atoms with E-state index in [-0.39, 0.29) is 12.5 Å². The SMILES string of the molecule is Cc1ccc(CN(C)C(=O)COC(=O)/C=C/c2ccc(Br)cc2)c(C)c1. The van der Waals surface area contributed by atoms with Crippen LogP contribution in [0.3, 0.4) is 0 Å². The average molecular weight is 416 g/mol. The minimum atomic E-state index is -0.541. The van der Waals surface area contributed by atoms with Gasteiger partial charge in [-0.25, -0.2) is 4.79 Å². The van der Waals surface area contributed by atoms with E-state index in [0.29, 0.717) is 6.54 Å². The Morgan fingerprint density at radius 3 is 2.46 bits per heavy atom. The third-order valence-electron chi connectivity index (χ3n) is 3.95. The standard InChI is InChI=1S/C21H22BrNO3/c1-15-4-8-18(16(2)12-15)13-23(3)20(24)14-26-21(25)11-7-17-5-9-19(22)10-6-17/h4-12H,13-14H2,1-3H3/b11-7+. The van der Waals surface area contributed by atoms with Gasteiger partial charge in [-0.3, -0.25) is 4.79 Å². The molecule has 26 heavy (non-hydrogen) atoms. The monoisotopic (exact) mass is 415 g/mol. The van der Waals surface area contributed by atoms with Crippen molar-refractivity contribution in [1.82, 2.24) is 4.90 Å². The average Bonchev–Trinajstić information content (AvgIpc) is 2.61. The normalized spacial score (nSPS) is 10.8. The van der Waals surface area contributed by atoms with E-state index in [1.807, 2.05) is 50.2 Å². The number of ether oxygens (including phenoxy) is 1. The second kappa shape index (κ2) is 9.34. The molecule has 0 unspecified atom stereocenters. The van der Waals surface area contributed by atoms with Gasteiger partial charge in [0.25, 0.3) is 5.91 Å². The Bertz CT molecular complexity index is 813. The van der Waals surface area contributed by atoms with Gasteiger partial charge in [-0.15, -0.1) is 0 Å². The molecule has 0 saturated heterocycles. The third kappa shape index (κ3) is 6.15. The first-order valence-electron chi connectivity index (χ1n) is 8.25. The van der Waals surface area contributed by atoms with Crippen molar-refractivity contribution in [2.75, 3.05) is 13.7 Å². The maximum absolute atomic E-state index is 12.2. The number of halogens is 1. The summed E-state index contributed by atoms with van der Waals surface area (Å²) < 4.78 is 6.00. The Kier molecular flexibility index (Phi) is 7.16. The highest BCUT2D eigenvalue weighted by atomic mass is 79.9. The van der Waals surface area contributed by atoms with Crippen molar-refractivity contribution in [3.63, 3.8) is 0 Å². The van der Waals surface area contributed by atoms with Crippen LogP contribution in [0.1, 0.15) is 22.3 Å². The number of esters is 1. The molecule has 0 spiro atoms. The molecule has 0 radical (unpaired) electrons. The van der Waals surface area contributed by atoms with Crippen LogP contribution in [0.15, 0.2) is 53.0 Å². The highest BCUT2D eigenvalue weighted by Crippen LogP contribution is 2.13. The molecule has 5 heteroatoms. The summed E-state index contributed by atoms with van der Waals surface area (Å²) >= 11 is 3.35. The fourth-order valence-electron chi connectivity index (χ4n) is 2.40. The fourth-order valence-corrected chi connectivity index (χ4v) is 2.66. The summed E-state index contributed by atoms with van der Waals surface area (Å²) in [4.78, 5) is 25.5. The molecule has 136 valence electrons. The molecule has 0 heterocycles. The molecule has 0 bridgehead atoms. The zero-order valence-electron chi connectivity index (χ0n) is 15.2. The predicted molar refractivity (Wildman–Crippen MR) is 107 cm³/mol. The summed E-state index contributed by atoms with van der Waals surface area (Å²) in [5.41, 5.74) is 4.28. The van der Waals surface area contributed by atoms with Crippen LogP contribution < -0.4 is 0 Å². The maximum Gasteiger partial charge on any atom is 0.331 e. The lowest BCUT2D eigenvalue weighted by atomic mass is 10.1. The van der Waals surface area contributed by atoms with Gasteiger partial charge < -0.3 is 9.64 Å². The summed E-state index contributed by atoms with van der Waals surface area (Å²) in [6.07, 6.45) is 2.97. The Labute approximate surface area is 162 Å². The van der Waals surface area contributed by atoms with Gasteiger partial charge in [0, 0.05) is 24.1 Å². The number of rotatable bonds is 6. The summed E-state index contributed by atoms with van der Waals surface area (Å²) in [7, 11) is 1.70. The largest absolute Gasteiger partial charge is 0.452 e. The van der Waals surface area contributed by atoms with E-state index < -0.39 is 5.97 Å². The van der Waals surface area contributed by atoms with Gasteiger partial charge in [-0.2, -0.15) is 0 Å². The van der Waals surface area contributed by atoms with Crippen molar-refractivity contribution < 1.29 is 14.3 Å². The molecule has 0 fully saturated rings. The van der Waals surface area contributed by atoms with E-state index in [4.69, 9.17) is 4.74 Å². The highest BCUT2D eigenvalue weighted by molar-refractivity contribution is 9.10.